The highest BCUT2D eigenvalue weighted by atomic mass is 16.5. The molecule has 128 valence electrons. The zero-order valence-corrected chi connectivity index (χ0v) is 13.8. The largest absolute Gasteiger partial charge is 0.368 e. The van der Waals surface area contributed by atoms with Crippen LogP contribution in [-0.2, 0) is 16.1 Å². The minimum atomic E-state index is -0.244. The first-order valence-corrected chi connectivity index (χ1v) is 8.47. The van der Waals surface area contributed by atoms with E-state index in [2.05, 4.69) is 25.2 Å². The Bertz CT molecular complexity index is 732. The molecule has 2 aliphatic heterocycles. The number of anilines is 1. The van der Waals surface area contributed by atoms with Gasteiger partial charge in [-0.2, -0.15) is 0 Å². The highest BCUT2D eigenvalue weighted by Crippen LogP contribution is 2.22. The molecule has 4 heterocycles. The van der Waals surface area contributed by atoms with Crippen LogP contribution in [0.15, 0.2) is 6.33 Å². The standard InChI is InChI=1S/C15H21N7O2/c1-2-22-14-12(18-19-22)13(16-10-17-14)20-5-7-21(8-6-20)15(23)11-4-3-9-24-11/h10-11H,2-9H2,1H3. The van der Waals surface area contributed by atoms with Crippen LogP contribution in [-0.4, -0.2) is 74.7 Å². The van der Waals surface area contributed by atoms with Crippen molar-refractivity contribution in [3.8, 4) is 0 Å². The fraction of sp³-hybridized carbons (Fsp3) is 0.667. The second-order valence-corrected chi connectivity index (χ2v) is 6.09. The number of ether oxygens (including phenoxy) is 1. The summed E-state index contributed by atoms with van der Waals surface area (Å²) in [6.07, 6.45) is 3.12. The van der Waals surface area contributed by atoms with E-state index in [1.807, 2.05) is 11.8 Å². The molecule has 0 bridgehead atoms. The van der Waals surface area contributed by atoms with Gasteiger partial charge in [-0.15, -0.1) is 5.10 Å². The topological polar surface area (TPSA) is 89.3 Å². The number of piperazine rings is 1. The maximum Gasteiger partial charge on any atom is 0.251 e. The molecular formula is C15H21N7O2. The molecule has 2 aliphatic rings. The molecule has 1 atom stereocenters. The third-order valence-corrected chi connectivity index (χ3v) is 4.68. The molecule has 9 heteroatoms. The van der Waals surface area contributed by atoms with Crippen molar-refractivity contribution in [1.82, 2.24) is 29.9 Å². The van der Waals surface area contributed by atoms with Gasteiger partial charge < -0.3 is 14.5 Å². The fourth-order valence-corrected chi connectivity index (χ4v) is 3.34. The minimum absolute atomic E-state index is 0.122. The Morgan fingerprint density at radius 2 is 2.12 bits per heavy atom. The van der Waals surface area contributed by atoms with Crippen LogP contribution in [0.3, 0.4) is 0 Å². The van der Waals surface area contributed by atoms with Gasteiger partial charge in [-0.3, -0.25) is 4.79 Å². The number of nitrogens with zero attached hydrogens (tertiary/aromatic N) is 7. The predicted octanol–water partition coefficient (Wildman–Crippen LogP) is 0.0688. The number of aromatic nitrogens is 5. The van der Waals surface area contributed by atoms with E-state index < -0.39 is 0 Å². The Kier molecular flexibility index (Phi) is 4.01. The molecule has 0 radical (unpaired) electrons. The zero-order chi connectivity index (χ0) is 16.5. The molecule has 9 nitrogen and oxygen atoms in total. The van der Waals surface area contributed by atoms with E-state index >= 15 is 0 Å². The van der Waals surface area contributed by atoms with Crippen LogP contribution >= 0.6 is 0 Å². The first kappa shape index (κ1) is 15.3. The van der Waals surface area contributed by atoms with Gasteiger partial charge in [0.1, 0.15) is 12.4 Å². The molecular weight excluding hydrogens is 310 g/mol. The van der Waals surface area contributed by atoms with Gasteiger partial charge >= 0.3 is 0 Å². The molecule has 0 aromatic carbocycles. The Labute approximate surface area is 139 Å². The lowest BCUT2D eigenvalue weighted by Crippen LogP contribution is -2.51. The van der Waals surface area contributed by atoms with Gasteiger partial charge in [0.15, 0.2) is 17.0 Å². The number of hydrogen-bond donors (Lipinski definition) is 0. The Morgan fingerprint density at radius 3 is 2.83 bits per heavy atom. The van der Waals surface area contributed by atoms with Crippen LogP contribution < -0.4 is 4.90 Å². The molecule has 0 N–H and O–H groups in total. The lowest BCUT2D eigenvalue weighted by atomic mass is 10.2. The summed E-state index contributed by atoms with van der Waals surface area (Å²) in [7, 11) is 0. The van der Waals surface area contributed by atoms with E-state index in [1.165, 1.54) is 0 Å². The third-order valence-electron chi connectivity index (χ3n) is 4.68. The van der Waals surface area contributed by atoms with Gasteiger partial charge in [0.2, 0.25) is 0 Å². The molecule has 24 heavy (non-hydrogen) atoms. The van der Waals surface area contributed by atoms with Crippen molar-refractivity contribution in [1.29, 1.82) is 0 Å². The zero-order valence-electron chi connectivity index (χ0n) is 13.8. The van der Waals surface area contributed by atoms with E-state index in [1.54, 1.807) is 11.0 Å². The molecule has 2 aromatic heterocycles. The monoisotopic (exact) mass is 331 g/mol. The quantitative estimate of drug-likeness (QED) is 0.786. The average Bonchev–Trinajstić information content (AvgIpc) is 3.30. The van der Waals surface area contributed by atoms with Crippen molar-refractivity contribution in [3.05, 3.63) is 6.33 Å². The van der Waals surface area contributed by atoms with Crippen molar-refractivity contribution in [3.63, 3.8) is 0 Å². The summed E-state index contributed by atoms with van der Waals surface area (Å²) < 4.78 is 7.27. The third kappa shape index (κ3) is 2.58. The first-order chi connectivity index (χ1) is 11.8. The van der Waals surface area contributed by atoms with Gasteiger partial charge in [-0.1, -0.05) is 5.21 Å². The molecule has 2 fully saturated rings. The van der Waals surface area contributed by atoms with Crippen molar-refractivity contribution in [2.75, 3.05) is 37.7 Å². The second kappa shape index (κ2) is 6.31. The first-order valence-electron chi connectivity index (χ1n) is 8.47. The van der Waals surface area contributed by atoms with E-state index in [4.69, 9.17) is 4.74 Å². The Morgan fingerprint density at radius 1 is 1.29 bits per heavy atom. The molecule has 0 aliphatic carbocycles. The number of fused-ring (bicyclic) bond motifs is 1. The van der Waals surface area contributed by atoms with Gasteiger partial charge in [0, 0.05) is 39.3 Å². The summed E-state index contributed by atoms with van der Waals surface area (Å²) in [6.45, 7) is 6.22. The van der Waals surface area contributed by atoms with Crippen LogP contribution in [0, 0.1) is 0 Å². The van der Waals surface area contributed by atoms with Crippen molar-refractivity contribution >= 4 is 22.9 Å². The molecule has 2 saturated heterocycles. The average molecular weight is 331 g/mol. The lowest BCUT2D eigenvalue weighted by molar-refractivity contribution is -0.141. The van der Waals surface area contributed by atoms with Crippen molar-refractivity contribution in [2.24, 2.45) is 0 Å². The Hall–Kier alpha value is -2.29. The minimum Gasteiger partial charge on any atom is -0.368 e. The number of aryl methyl sites for hydroxylation is 1. The summed E-state index contributed by atoms with van der Waals surface area (Å²) in [4.78, 5) is 25.2. The van der Waals surface area contributed by atoms with Crippen molar-refractivity contribution < 1.29 is 9.53 Å². The van der Waals surface area contributed by atoms with Gasteiger partial charge in [-0.05, 0) is 19.8 Å². The predicted molar refractivity (Wildman–Crippen MR) is 86.6 cm³/mol. The highest BCUT2D eigenvalue weighted by molar-refractivity contribution is 5.83. The molecule has 0 saturated carbocycles. The molecule has 4 rings (SSSR count). The van der Waals surface area contributed by atoms with E-state index in [0.29, 0.717) is 19.7 Å². The van der Waals surface area contributed by atoms with E-state index in [9.17, 15) is 4.79 Å². The van der Waals surface area contributed by atoms with Crippen molar-refractivity contribution in [2.45, 2.75) is 32.4 Å². The number of rotatable bonds is 3. The lowest BCUT2D eigenvalue weighted by Gasteiger charge is -2.36. The summed E-state index contributed by atoms with van der Waals surface area (Å²) in [5.74, 6) is 0.917. The van der Waals surface area contributed by atoms with Gasteiger partial charge in [0.25, 0.3) is 5.91 Å². The summed E-state index contributed by atoms with van der Waals surface area (Å²) >= 11 is 0. The summed E-state index contributed by atoms with van der Waals surface area (Å²) in [5.41, 5.74) is 1.47. The van der Waals surface area contributed by atoms with Crippen LogP contribution in [0.1, 0.15) is 19.8 Å². The van der Waals surface area contributed by atoms with E-state index in [-0.39, 0.29) is 12.0 Å². The maximum atomic E-state index is 12.4. The number of hydrogen-bond acceptors (Lipinski definition) is 7. The number of amides is 1. The molecule has 2 aromatic rings. The second-order valence-electron chi connectivity index (χ2n) is 6.09. The van der Waals surface area contributed by atoms with Gasteiger partial charge in [0.05, 0.1) is 0 Å². The molecule has 0 spiro atoms. The van der Waals surface area contributed by atoms with Crippen LogP contribution in [0.25, 0.3) is 11.2 Å². The van der Waals surface area contributed by atoms with E-state index in [0.717, 1.165) is 49.5 Å². The van der Waals surface area contributed by atoms with Crippen LogP contribution in [0.4, 0.5) is 5.82 Å². The number of carbonyl (C=O) groups excluding carboxylic acids is 1. The summed E-state index contributed by atoms with van der Waals surface area (Å²) in [5, 5.41) is 8.35. The Balaban J connectivity index is 1.48. The van der Waals surface area contributed by atoms with Gasteiger partial charge in [-0.25, -0.2) is 14.6 Å². The highest BCUT2D eigenvalue weighted by Gasteiger charge is 2.31. The number of carbonyl (C=O) groups is 1. The smallest absolute Gasteiger partial charge is 0.251 e. The molecule has 1 unspecified atom stereocenters. The normalized spacial score (nSPS) is 21.6. The maximum absolute atomic E-state index is 12.4. The fourth-order valence-electron chi connectivity index (χ4n) is 3.34. The summed E-state index contributed by atoms with van der Waals surface area (Å²) in [6, 6.07) is 0. The van der Waals surface area contributed by atoms with Crippen LogP contribution in [0.5, 0.6) is 0 Å². The molecule has 1 amide bonds. The van der Waals surface area contributed by atoms with Crippen LogP contribution in [0.2, 0.25) is 0 Å². The SMILES string of the molecule is CCn1nnc2c(N3CCN(C(=O)C4CCCO4)CC3)ncnc21.